The number of hydrogen-bond donors (Lipinski definition) is 3. The van der Waals surface area contributed by atoms with Crippen LogP contribution in [0.1, 0.15) is 0 Å². The first kappa shape index (κ1) is 9.33. The molecule has 0 amide bonds. The lowest BCUT2D eigenvalue weighted by Crippen LogP contribution is -1.88. The van der Waals surface area contributed by atoms with Gasteiger partial charge in [0.2, 0.25) is 0 Å². The molecule has 76 valence electrons. The number of hydrogen-bond acceptors (Lipinski definition) is 4. The van der Waals surface area contributed by atoms with Crippen molar-refractivity contribution in [2.75, 3.05) is 5.73 Å². The van der Waals surface area contributed by atoms with Crippen LogP contribution in [-0.2, 0) is 0 Å². The minimum absolute atomic E-state index is 0.00716. The zero-order chi connectivity index (χ0) is 10.8. The van der Waals surface area contributed by atoms with Crippen LogP contribution in [0.25, 0.3) is 11.3 Å². The average molecular weight is 202 g/mol. The Balaban J connectivity index is 2.49. The largest absolute Gasteiger partial charge is 0.508 e. The number of nitrogen functional groups attached to an aromatic ring is 1. The third kappa shape index (κ3) is 1.83. The Morgan fingerprint density at radius 1 is 1.07 bits per heavy atom. The molecule has 0 spiro atoms. The Morgan fingerprint density at radius 2 is 1.87 bits per heavy atom. The van der Waals surface area contributed by atoms with Crippen LogP contribution < -0.4 is 5.73 Å². The molecule has 0 unspecified atom stereocenters. The monoisotopic (exact) mass is 202 g/mol. The summed E-state index contributed by atoms with van der Waals surface area (Å²) < 4.78 is 0. The molecule has 1 aromatic carbocycles. The smallest absolute Gasteiger partial charge is 0.128 e. The molecule has 4 N–H and O–H groups in total. The lowest BCUT2D eigenvalue weighted by molar-refractivity contribution is 0.452. The zero-order valence-corrected chi connectivity index (χ0v) is 7.88. The van der Waals surface area contributed by atoms with Crippen LogP contribution in [0.5, 0.6) is 11.5 Å². The van der Waals surface area contributed by atoms with E-state index in [1.807, 2.05) is 0 Å². The van der Waals surface area contributed by atoms with Crippen molar-refractivity contribution < 1.29 is 10.2 Å². The predicted octanol–water partition coefficient (Wildman–Crippen LogP) is 1.74. The maximum atomic E-state index is 9.58. The summed E-state index contributed by atoms with van der Waals surface area (Å²) in [5.41, 5.74) is 7.24. The summed E-state index contributed by atoms with van der Waals surface area (Å²) in [6, 6.07) is 7.78. The maximum Gasteiger partial charge on any atom is 0.128 e. The molecular weight excluding hydrogens is 192 g/mol. The van der Waals surface area contributed by atoms with Crippen LogP contribution in [0.3, 0.4) is 0 Å². The van der Waals surface area contributed by atoms with Gasteiger partial charge in [-0.05, 0) is 24.3 Å². The quantitative estimate of drug-likeness (QED) is 0.658. The first-order valence-electron chi connectivity index (χ1n) is 4.41. The fourth-order valence-corrected chi connectivity index (χ4v) is 1.30. The second-order valence-electron chi connectivity index (χ2n) is 3.18. The number of pyridine rings is 1. The van der Waals surface area contributed by atoms with Gasteiger partial charge in [0, 0.05) is 11.6 Å². The van der Waals surface area contributed by atoms with Crippen LogP contribution in [0, 0.1) is 0 Å². The van der Waals surface area contributed by atoms with E-state index < -0.39 is 0 Å². The van der Waals surface area contributed by atoms with Crippen LogP contribution >= 0.6 is 0 Å². The number of nitrogens with zero attached hydrogens (tertiary/aromatic N) is 1. The van der Waals surface area contributed by atoms with E-state index in [-0.39, 0.29) is 11.5 Å². The number of phenols is 2. The normalized spacial score (nSPS) is 10.1. The third-order valence-electron chi connectivity index (χ3n) is 2.04. The molecule has 2 aromatic rings. The van der Waals surface area contributed by atoms with Crippen LogP contribution in [0.15, 0.2) is 36.5 Å². The molecule has 15 heavy (non-hydrogen) atoms. The molecule has 4 heteroatoms. The van der Waals surface area contributed by atoms with Crippen LogP contribution in [-0.4, -0.2) is 15.2 Å². The molecule has 0 aliphatic carbocycles. The minimum atomic E-state index is -0.00716. The van der Waals surface area contributed by atoms with E-state index in [2.05, 4.69) is 4.98 Å². The fourth-order valence-electron chi connectivity index (χ4n) is 1.30. The van der Waals surface area contributed by atoms with Crippen LogP contribution in [0.2, 0.25) is 0 Å². The summed E-state index contributed by atoms with van der Waals surface area (Å²) >= 11 is 0. The van der Waals surface area contributed by atoms with Gasteiger partial charge in [-0.3, -0.25) is 4.98 Å². The van der Waals surface area contributed by atoms with Gasteiger partial charge < -0.3 is 15.9 Å². The topological polar surface area (TPSA) is 79.4 Å². The highest BCUT2D eigenvalue weighted by atomic mass is 16.3. The van der Waals surface area contributed by atoms with Crippen molar-refractivity contribution in [1.29, 1.82) is 0 Å². The van der Waals surface area contributed by atoms with Crippen molar-refractivity contribution in [3.8, 4) is 22.8 Å². The molecule has 0 radical (unpaired) electrons. The Morgan fingerprint density at radius 3 is 2.47 bits per heavy atom. The SMILES string of the molecule is Nc1ccc(-c2ccc(O)cc2O)nc1. The van der Waals surface area contributed by atoms with Gasteiger partial charge in [0.1, 0.15) is 11.5 Å². The summed E-state index contributed by atoms with van der Waals surface area (Å²) in [6.07, 6.45) is 1.52. The summed E-state index contributed by atoms with van der Waals surface area (Å²) in [7, 11) is 0. The second-order valence-corrected chi connectivity index (χ2v) is 3.18. The van der Waals surface area contributed by atoms with Gasteiger partial charge in [-0.25, -0.2) is 0 Å². The molecule has 0 fully saturated rings. The Bertz CT molecular complexity index is 480. The number of phenolic OH excluding ortho intramolecular Hbond substituents is 2. The lowest BCUT2D eigenvalue weighted by Gasteiger charge is -2.04. The zero-order valence-electron chi connectivity index (χ0n) is 7.88. The summed E-state index contributed by atoms with van der Waals surface area (Å²) in [5.74, 6) is 0.0129. The van der Waals surface area contributed by atoms with Gasteiger partial charge in [-0.15, -0.1) is 0 Å². The van der Waals surface area contributed by atoms with E-state index in [0.717, 1.165) is 0 Å². The van der Waals surface area contributed by atoms with E-state index in [1.54, 1.807) is 18.2 Å². The minimum Gasteiger partial charge on any atom is -0.508 e. The number of benzene rings is 1. The van der Waals surface area contributed by atoms with E-state index in [0.29, 0.717) is 16.9 Å². The molecule has 0 saturated carbocycles. The average Bonchev–Trinajstić information content (AvgIpc) is 2.20. The third-order valence-corrected chi connectivity index (χ3v) is 2.04. The molecular formula is C11H10N2O2. The molecule has 0 aliphatic rings. The lowest BCUT2D eigenvalue weighted by atomic mass is 10.1. The maximum absolute atomic E-state index is 9.58. The highest BCUT2D eigenvalue weighted by Gasteiger charge is 2.05. The fraction of sp³-hybridized carbons (Fsp3) is 0. The Labute approximate surface area is 86.6 Å². The Kier molecular flexibility index (Phi) is 2.17. The van der Waals surface area contributed by atoms with Gasteiger partial charge in [-0.1, -0.05) is 0 Å². The molecule has 1 aromatic heterocycles. The highest BCUT2D eigenvalue weighted by molar-refractivity contribution is 5.68. The van der Waals surface area contributed by atoms with Crippen molar-refractivity contribution in [2.24, 2.45) is 0 Å². The molecule has 2 rings (SSSR count). The molecule has 0 bridgehead atoms. The number of anilines is 1. The first-order chi connectivity index (χ1) is 7.16. The standard InChI is InChI=1S/C11H10N2O2/c12-7-1-4-10(13-6-7)9-3-2-8(14)5-11(9)15/h1-6,14-15H,12H2. The molecule has 0 atom stereocenters. The summed E-state index contributed by atoms with van der Waals surface area (Å²) in [4.78, 5) is 4.07. The van der Waals surface area contributed by atoms with E-state index in [1.165, 1.54) is 18.3 Å². The molecule has 4 nitrogen and oxygen atoms in total. The van der Waals surface area contributed by atoms with Crippen LogP contribution in [0.4, 0.5) is 5.69 Å². The number of aromatic hydroxyl groups is 2. The van der Waals surface area contributed by atoms with E-state index in [9.17, 15) is 5.11 Å². The number of rotatable bonds is 1. The van der Waals surface area contributed by atoms with E-state index in [4.69, 9.17) is 10.8 Å². The van der Waals surface area contributed by atoms with Crippen molar-refractivity contribution >= 4 is 5.69 Å². The first-order valence-corrected chi connectivity index (χ1v) is 4.41. The number of nitrogens with two attached hydrogens (primary N) is 1. The molecule has 0 saturated heterocycles. The highest BCUT2D eigenvalue weighted by Crippen LogP contribution is 2.30. The molecule has 0 aliphatic heterocycles. The van der Waals surface area contributed by atoms with Crippen molar-refractivity contribution in [3.05, 3.63) is 36.5 Å². The van der Waals surface area contributed by atoms with Gasteiger partial charge in [-0.2, -0.15) is 0 Å². The van der Waals surface area contributed by atoms with Gasteiger partial charge >= 0.3 is 0 Å². The van der Waals surface area contributed by atoms with Gasteiger partial charge in [0.25, 0.3) is 0 Å². The van der Waals surface area contributed by atoms with E-state index >= 15 is 0 Å². The second kappa shape index (κ2) is 3.49. The van der Waals surface area contributed by atoms with Crippen molar-refractivity contribution in [3.63, 3.8) is 0 Å². The number of aromatic nitrogens is 1. The summed E-state index contributed by atoms with van der Waals surface area (Å²) in [6.45, 7) is 0. The van der Waals surface area contributed by atoms with Crippen molar-refractivity contribution in [1.82, 2.24) is 4.98 Å². The van der Waals surface area contributed by atoms with Gasteiger partial charge in [0.05, 0.1) is 17.6 Å². The Hall–Kier alpha value is -2.23. The van der Waals surface area contributed by atoms with Gasteiger partial charge in [0.15, 0.2) is 0 Å². The summed E-state index contributed by atoms with van der Waals surface area (Å²) in [5, 5.41) is 18.7. The molecule has 1 heterocycles. The van der Waals surface area contributed by atoms with Crippen molar-refractivity contribution in [2.45, 2.75) is 0 Å². The predicted molar refractivity (Wildman–Crippen MR) is 57.4 cm³/mol.